The summed E-state index contributed by atoms with van der Waals surface area (Å²) in [6.07, 6.45) is 1.51. The van der Waals surface area contributed by atoms with Crippen LogP contribution in [0, 0.1) is 0 Å². The summed E-state index contributed by atoms with van der Waals surface area (Å²) >= 11 is 0. The van der Waals surface area contributed by atoms with Crippen molar-refractivity contribution in [2.75, 3.05) is 6.61 Å². The van der Waals surface area contributed by atoms with Crippen LogP contribution in [0.15, 0.2) is 35.4 Å². The van der Waals surface area contributed by atoms with Crippen LogP contribution in [0.3, 0.4) is 0 Å². The second kappa shape index (κ2) is 4.31. The van der Waals surface area contributed by atoms with Crippen LogP contribution in [0.4, 0.5) is 0 Å². The molecule has 6 heteroatoms. The van der Waals surface area contributed by atoms with Crippen molar-refractivity contribution in [3.8, 4) is 5.88 Å². The molecule has 0 saturated carbocycles. The maximum atomic E-state index is 11.2. The van der Waals surface area contributed by atoms with Crippen LogP contribution in [-0.2, 0) is 10.1 Å². The molecule has 1 aromatic heterocycles. The molecule has 0 unspecified atom stereocenters. The van der Waals surface area contributed by atoms with Gasteiger partial charge in [0.05, 0.1) is 6.61 Å². The molecule has 0 amide bonds. The Morgan fingerprint density at radius 1 is 1.41 bits per heavy atom. The zero-order valence-electron chi connectivity index (χ0n) is 9.12. The van der Waals surface area contributed by atoms with E-state index < -0.39 is 10.1 Å². The number of ether oxygens (including phenoxy) is 1. The van der Waals surface area contributed by atoms with Gasteiger partial charge in [0.15, 0.2) is 0 Å². The second-order valence-electron chi connectivity index (χ2n) is 3.41. The number of rotatable bonds is 3. The van der Waals surface area contributed by atoms with Crippen molar-refractivity contribution in [1.29, 1.82) is 0 Å². The summed E-state index contributed by atoms with van der Waals surface area (Å²) in [7, 11) is -4.24. The van der Waals surface area contributed by atoms with Crippen LogP contribution >= 0.6 is 0 Å². The highest BCUT2D eigenvalue weighted by Crippen LogP contribution is 2.25. The maximum Gasteiger partial charge on any atom is 0.295 e. The molecule has 2 aromatic rings. The number of benzene rings is 1. The minimum atomic E-state index is -4.24. The Labute approximate surface area is 98.8 Å². The summed E-state index contributed by atoms with van der Waals surface area (Å²) < 4.78 is 36.7. The average Bonchev–Trinajstić information content (AvgIpc) is 2.27. The molecular formula is C11H11NO4S. The molecule has 0 aliphatic rings. The molecule has 1 N–H and O–H groups in total. The fraction of sp³-hybridized carbons (Fsp3) is 0.182. The van der Waals surface area contributed by atoms with E-state index in [2.05, 4.69) is 4.98 Å². The average molecular weight is 253 g/mol. The van der Waals surface area contributed by atoms with Crippen molar-refractivity contribution in [3.05, 3.63) is 30.5 Å². The van der Waals surface area contributed by atoms with E-state index in [0.717, 1.165) is 0 Å². The van der Waals surface area contributed by atoms with Crippen molar-refractivity contribution in [2.45, 2.75) is 11.8 Å². The van der Waals surface area contributed by atoms with Gasteiger partial charge in [0, 0.05) is 23.0 Å². The summed E-state index contributed by atoms with van der Waals surface area (Å²) in [6.45, 7) is 2.24. The molecule has 0 atom stereocenters. The first-order valence-electron chi connectivity index (χ1n) is 5.01. The lowest BCUT2D eigenvalue weighted by atomic mass is 10.2. The van der Waals surface area contributed by atoms with Gasteiger partial charge in [0.1, 0.15) is 4.90 Å². The number of hydrogen-bond donors (Lipinski definition) is 1. The van der Waals surface area contributed by atoms with E-state index in [9.17, 15) is 8.42 Å². The van der Waals surface area contributed by atoms with E-state index >= 15 is 0 Å². The van der Waals surface area contributed by atoms with Crippen molar-refractivity contribution >= 4 is 20.9 Å². The van der Waals surface area contributed by atoms with Gasteiger partial charge in [0.25, 0.3) is 10.1 Å². The van der Waals surface area contributed by atoms with Gasteiger partial charge in [-0.3, -0.25) is 4.55 Å². The largest absolute Gasteiger partial charge is 0.478 e. The van der Waals surface area contributed by atoms with Gasteiger partial charge in [-0.15, -0.1) is 0 Å². The maximum absolute atomic E-state index is 11.2. The molecule has 5 nitrogen and oxygen atoms in total. The quantitative estimate of drug-likeness (QED) is 0.845. The molecule has 0 radical (unpaired) electrons. The first kappa shape index (κ1) is 11.8. The van der Waals surface area contributed by atoms with Crippen molar-refractivity contribution in [1.82, 2.24) is 4.98 Å². The lowest BCUT2D eigenvalue weighted by molar-refractivity contribution is 0.327. The van der Waals surface area contributed by atoms with Gasteiger partial charge in [-0.25, -0.2) is 4.98 Å². The molecule has 90 valence electrons. The highest BCUT2D eigenvalue weighted by atomic mass is 32.2. The van der Waals surface area contributed by atoms with Crippen molar-refractivity contribution in [3.63, 3.8) is 0 Å². The lowest BCUT2D eigenvalue weighted by Gasteiger charge is -2.06. The molecule has 0 fully saturated rings. The van der Waals surface area contributed by atoms with E-state index in [1.54, 1.807) is 19.1 Å². The Balaban J connectivity index is 2.73. The second-order valence-corrected chi connectivity index (χ2v) is 4.80. The van der Waals surface area contributed by atoms with Gasteiger partial charge in [-0.05, 0) is 13.0 Å². The predicted octanol–water partition coefficient (Wildman–Crippen LogP) is 1.88. The molecule has 0 aliphatic heterocycles. The van der Waals surface area contributed by atoms with Gasteiger partial charge in [-0.2, -0.15) is 8.42 Å². The van der Waals surface area contributed by atoms with Crippen LogP contribution in [0.5, 0.6) is 5.88 Å². The number of nitrogens with zero attached hydrogens (tertiary/aromatic N) is 1. The van der Waals surface area contributed by atoms with Crippen LogP contribution in [0.2, 0.25) is 0 Å². The number of fused-ring (bicyclic) bond motifs is 1. The molecule has 1 aromatic carbocycles. The van der Waals surface area contributed by atoms with E-state index in [4.69, 9.17) is 9.29 Å². The van der Waals surface area contributed by atoms with Crippen LogP contribution in [-0.4, -0.2) is 24.6 Å². The predicted molar refractivity (Wildman–Crippen MR) is 62.7 cm³/mol. The smallest absolute Gasteiger partial charge is 0.295 e. The van der Waals surface area contributed by atoms with Gasteiger partial charge >= 0.3 is 0 Å². The minimum Gasteiger partial charge on any atom is -0.478 e. The zero-order chi connectivity index (χ0) is 12.5. The van der Waals surface area contributed by atoms with E-state index in [1.165, 1.54) is 18.3 Å². The van der Waals surface area contributed by atoms with Gasteiger partial charge < -0.3 is 4.74 Å². The van der Waals surface area contributed by atoms with Crippen molar-refractivity contribution in [2.24, 2.45) is 0 Å². The fourth-order valence-electron chi connectivity index (χ4n) is 1.57. The minimum absolute atomic E-state index is 0.140. The van der Waals surface area contributed by atoms with Gasteiger partial charge in [-0.1, -0.05) is 12.1 Å². The lowest BCUT2D eigenvalue weighted by Crippen LogP contribution is -2.00. The van der Waals surface area contributed by atoms with Gasteiger partial charge in [0.2, 0.25) is 5.88 Å². The molecule has 0 saturated heterocycles. The van der Waals surface area contributed by atoms with Crippen molar-refractivity contribution < 1.29 is 17.7 Å². The molecule has 0 spiro atoms. The summed E-state index contributed by atoms with van der Waals surface area (Å²) in [4.78, 5) is 3.88. The van der Waals surface area contributed by atoms with Crippen LogP contribution < -0.4 is 4.74 Å². The Hall–Kier alpha value is -1.66. The Bertz CT molecular complexity index is 652. The zero-order valence-corrected chi connectivity index (χ0v) is 9.94. The van der Waals surface area contributed by atoms with E-state index in [0.29, 0.717) is 23.3 Å². The third-order valence-corrected chi connectivity index (χ3v) is 3.18. The standard InChI is InChI=1S/C11H11NO4S/c1-2-16-11-6-9-8(7-12-11)4-3-5-10(9)17(13,14)15/h3-7H,2H2,1H3,(H,13,14,15). The highest BCUT2D eigenvalue weighted by molar-refractivity contribution is 7.86. The Morgan fingerprint density at radius 3 is 2.82 bits per heavy atom. The third kappa shape index (κ3) is 2.37. The topological polar surface area (TPSA) is 76.5 Å². The molecular weight excluding hydrogens is 242 g/mol. The van der Waals surface area contributed by atoms with Crippen LogP contribution in [0.1, 0.15) is 6.92 Å². The number of aromatic nitrogens is 1. The summed E-state index contributed by atoms with van der Waals surface area (Å²) in [5.41, 5.74) is 0. The summed E-state index contributed by atoms with van der Waals surface area (Å²) in [5, 5.41) is 1.03. The molecule has 0 aliphatic carbocycles. The summed E-state index contributed by atoms with van der Waals surface area (Å²) in [5.74, 6) is 0.330. The molecule has 0 bridgehead atoms. The SMILES string of the molecule is CCOc1cc2c(S(=O)(=O)O)cccc2cn1. The van der Waals surface area contributed by atoms with E-state index in [-0.39, 0.29) is 4.90 Å². The highest BCUT2D eigenvalue weighted by Gasteiger charge is 2.14. The Morgan fingerprint density at radius 2 is 2.18 bits per heavy atom. The molecule has 1 heterocycles. The molecule has 2 rings (SSSR count). The monoisotopic (exact) mass is 253 g/mol. The molecule has 17 heavy (non-hydrogen) atoms. The van der Waals surface area contributed by atoms with E-state index in [1.807, 2.05) is 0 Å². The first-order chi connectivity index (χ1) is 8.02. The number of hydrogen-bond acceptors (Lipinski definition) is 4. The normalized spacial score (nSPS) is 11.6. The first-order valence-corrected chi connectivity index (χ1v) is 6.45. The summed E-state index contributed by atoms with van der Waals surface area (Å²) in [6, 6.07) is 6.11. The number of pyridine rings is 1. The Kier molecular flexibility index (Phi) is 2.99. The fourth-order valence-corrected chi connectivity index (χ4v) is 2.28. The third-order valence-electron chi connectivity index (χ3n) is 2.27. The van der Waals surface area contributed by atoms with Crippen LogP contribution in [0.25, 0.3) is 10.8 Å².